The van der Waals surface area contributed by atoms with E-state index in [0.717, 1.165) is 25.7 Å². The van der Waals surface area contributed by atoms with Crippen molar-refractivity contribution < 1.29 is 23.4 Å². The lowest BCUT2D eigenvalue weighted by Crippen LogP contribution is -2.02. The molecule has 0 aliphatic carbocycles. The van der Waals surface area contributed by atoms with Crippen LogP contribution in [0.5, 0.6) is 0 Å². The molecule has 0 aliphatic heterocycles. The van der Waals surface area contributed by atoms with Crippen molar-refractivity contribution in [3.8, 4) is 0 Å². The molecule has 102 valence electrons. The van der Waals surface area contributed by atoms with E-state index < -0.39 is 14.0 Å². The molecule has 0 rings (SSSR count). The number of rotatable bonds is 9. The van der Waals surface area contributed by atoms with Crippen LogP contribution in [0.2, 0.25) is 0 Å². The first-order valence-electron chi connectivity index (χ1n) is 5.99. The van der Waals surface area contributed by atoms with Gasteiger partial charge in [0.2, 0.25) is 0 Å². The maximum atomic E-state index is 11.1. The van der Waals surface area contributed by atoms with Crippen molar-refractivity contribution in [1.82, 2.24) is 0 Å². The lowest BCUT2D eigenvalue weighted by atomic mass is 10.2. The van der Waals surface area contributed by atoms with Crippen molar-refractivity contribution in [1.29, 1.82) is 0 Å². The Balaban J connectivity index is 3.33. The SMILES string of the molecule is CC=CC(=O)OCCCCCC[P+](=O)OC(C)=O. The molecule has 6 heteroatoms. The molecule has 0 aliphatic rings. The van der Waals surface area contributed by atoms with E-state index in [4.69, 9.17) is 4.74 Å². The van der Waals surface area contributed by atoms with Crippen molar-refractivity contribution in [2.45, 2.75) is 39.5 Å². The third kappa shape index (κ3) is 11.3. The van der Waals surface area contributed by atoms with Gasteiger partial charge in [0.05, 0.1) is 6.61 Å². The Labute approximate surface area is 108 Å². The predicted octanol–water partition coefficient (Wildman–Crippen LogP) is 2.97. The lowest BCUT2D eigenvalue weighted by Gasteiger charge is -2.00. The van der Waals surface area contributed by atoms with Gasteiger partial charge in [0.25, 0.3) is 0 Å². The van der Waals surface area contributed by atoms with Gasteiger partial charge in [-0.1, -0.05) is 6.08 Å². The van der Waals surface area contributed by atoms with Gasteiger partial charge < -0.3 is 4.74 Å². The number of ether oxygens (including phenoxy) is 1. The number of allylic oxidation sites excluding steroid dienone is 1. The zero-order chi connectivity index (χ0) is 13.8. The smallest absolute Gasteiger partial charge is 0.463 e. The molecule has 0 fully saturated rings. The Bertz CT molecular complexity index is 312. The first-order valence-corrected chi connectivity index (χ1v) is 7.35. The van der Waals surface area contributed by atoms with Crippen LogP contribution in [0.25, 0.3) is 0 Å². The molecule has 0 saturated heterocycles. The Morgan fingerprint density at radius 1 is 1.17 bits per heavy atom. The van der Waals surface area contributed by atoms with Crippen LogP contribution in [0.15, 0.2) is 12.2 Å². The molecular weight excluding hydrogens is 255 g/mol. The summed E-state index contributed by atoms with van der Waals surface area (Å²) < 4.78 is 20.6. The topological polar surface area (TPSA) is 69.7 Å². The van der Waals surface area contributed by atoms with Gasteiger partial charge in [-0.25, -0.2) is 14.1 Å². The quantitative estimate of drug-likeness (QED) is 0.280. The van der Waals surface area contributed by atoms with Crippen LogP contribution < -0.4 is 0 Å². The summed E-state index contributed by atoms with van der Waals surface area (Å²) in [6.45, 7) is 3.40. The molecule has 0 aromatic heterocycles. The minimum absolute atomic E-state index is 0.324. The van der Waals surface area contributed by atoms with Crippen LogP contribution in [-0.4, -0.2) is 24.7 Å². The largest absolute Gasteiger partial charge is 0.558 e. The number of carbonyl (C=O) groups is 2. The van der Waals surface area contributed by atoms with Gasteiger partial charge >= 0.3 is 20.0 Å². The summed E-state index contributed by atoms with van der Waals surface area (Å²) in [6, 6.07) is 0. The number of unbranched alkanes of at least 4 members (excludes halogenated alkanes) is 3. The molecule has 0 aromatic carbocycles. The van der Waals surface area contributed by atoms with Gasteiger partial charge in [-0.2, -0.15) is 0 Å². The highest BCUT2D eigenvalue weighted by molar-refractivity contribution is 7.39. The van der Waals surface area contributed by atoms with Gasteiger partial charge in [0, 0.05) is 13.0 Å². The van der Waals surface area contributed by atoms with Crippen LogP contribution in [0, 0.1) is 0 Å². The summed E-state index contributed by atoms with van der Waals surface area (Å²) in [5.41, 5.74) is 0. The summed E-state index contributed by atoms with van der Waals surface area (Å²) in [5.74, 6) is -0.831. The molecule has 1 unspecified atom stereocenters. The van der Waals surface area contributed by atoms with Crippen LogP contribution in [0.3, 0.4) is 0 Å². The van der Waals surface area contributed by atoms with Crippen LogP contribution in [-0.2, 0) is 23.4 Å². The molecule has 0 bridgehead atoms. The fraction of sp³-hybridized carbons (Fsp3) is 0.667. The lowest BCUT2D eigenvalue weighted by molar-refractivity contribution is -0.138. The van der Waals surface area contributed by atoms with Gasteiger partial charge in [-0.05, 0) is 37.2 Å². The first-order chi connectivity index (χ1) is 8.56. The Kier molecular flexibility index (Phi) is 10.2. The van der Waals surface area contributed by atoms with Crippen LogP contribution >= 0.6 is 8.03 Å². The van der Waals surface area contributed by atoms with E-state index >= 15 is 0 Å². The molecule has 5 nitrogen and oxygen atoms in total. The molecule has 1 atom stereocenters. The standard InChI is InChI=1S/C12H20O5P/c1-3-8-12(14)16-9-6-4-5-7-10-18(15)17-11(2)13/h3,8H,4-7,9-10H2,1-2H3/q+1. The highest BCUT2D eigenvalue weighted by atomic mass is 31.1. The Morgan fingerprint density at radius 2 is 1.83 bits per heavy atom. The summed E-state index contributed by atoms with van der Waals surface area (Å²) in [5, 5.41) is 0. The number of esters is 1. The molecule has 0 saturated carbocycles. The minimum atomic E-state index is -1.85. The van der Waals surface area contributed by atoms with E-state index in [0.29, 0.717) is 12.8 Å². The van der Waals surface area contributed by atoms with Gasteiger partial charge in [0.15, 0.2) is 6.16 Å². The number of carbonyl (C=O) groups excluding carboxylic acids is 2. The molecule has 0 spiro atoms. The summed E-state index contributed by atoms with van der Waals surface area (Å²) in [7, 11) is -1.85. The van der Waals surface area contributed by atoms with E-state index in [9.17, 15) is 14.2 Å². The monoisotopic (exact) mass is 275 g/mol. The molecular formula is C12H20O5P+. The van der Waals surface area contributed by atoms with Crippen molar-refractivity contribution in [3.05, 3.63) is 12.2 Å². The molecule has 18 heavy (non-hydrogen) atoms. The third-order valence-corrected chi connectivity index (χ3v) is 3.15. The maximum Gasteiger partial charge on any atom is 0.558 e. The second-order valence-corrected chi connectivity index (χ2v) is 5.02. The van der Waals surface area contributed by atoms with E-state index in [1.54, 1.807) is 13.0 Å². The normalized spacial score (nSPS) is 11.3. The fourth-order valence-corrected chi connectivity index (χ4v) is 2.10. The zero-order valence-electron chi connectivity index (χ0n) is 10.9. The van der Waals surface area contributed by atoms with Crippen molar-refractivity contribution in [2.24, 2.45) is 0 Å². The van der Waals surface area contributed by atoms with Crippen molar-refractivity contribution in [3.63, 3.8) is 0 Å². The van der Waals surface area contributed by atoms with Crippen LogP contribution in [0.4, 0.5) is 0 Å². The Morgan fingerprint density at radius 3 is 2.44 bits per heavy atom. The highest BCUT2D eigenvalue weighted by Crippen LogP contribution is 2.24. The average Bonchev–Trinajstić information content (AvgIpc) is 2.27. The summed E-state index contributed by atoms with van der Waals surface area (Å²) in [4.78, 5) is 21.4. The zero-order valence-corrected chi connectivity index (χ0v) is 11.8. The second kappa shape index (κ2) is 10.9. The van der Waals surface area contributed by atoms with Gasteiger partial charge in [-0.15, -0.1) is 0 Å². The van der Waals surface area contributed by atoms with Gasteiger partial charge in [-0.3, -0.25) is 0 Å². The minimum Gasteiger partial charge on any atom is -0.463 e. The Hall–Kier alpha value is -1.22. The highest BCUT2D eigenvalue weighted by Gasteiger charge is 2.19. The third-order valence-electron chi connectivity index (χ3n) is 2.01. The van der Waals surface area contributed by atoms with E-state index in [1.165, 1.54) is 13.0 Å². The van der Waals surface area contributed by atoms with E-state index in [-0.39, 0.29) is 5.97 Å². The van der Waals surface area contributed by atoms with Crippen molar-refractivity contribution in [2.75, 3.05) is 12.8 Å². The molecule has 0 radical (unpaired) electrons. The molecule has 0 aromatic rings. The molecule has 0 amide bonds. The van der Waals surface area contributed by atoms with Crippen LogP contribution in [0.1, 0.15) is 39.5 Å². The maximum absolute atomic E-state index is 11.1. The van der Waals surface area contributed by atoms with Crippen molar-refractivity contribution >= 4 is 20.0 Å². The number of hydrogen-bond acceptors (Lipinski definition) is 5. The first kappa shape index (κ1) is 16.8. The molecule has 0 N–H and O–H groups in total. The van der Waals surface area contributed by atoms with E-state index in [2.05, 4.69) is 4.52 Å². The van der Waals surface area contributed by atoms with Gasteiger partial charge in [0.1, 0.15) is 0 Å². The fourth-order valence-electron chi connectivity index (χ4n) is 1.24. The predicted molar refractivity (Wildman–Crippen MR) is 68.5 cm³/mol. The van der Waals surface area contributed by atoms with E-state index in [1.807, 2.05) is 0 Å². The summed E-state index contributed by atoms with van der Waals surface area (Å²) >= 11 is 0. The summed E-state index contributed by atoms with van der Waals surface area (Å²) in [6.07, 6.45) is 6.71. The second-order valence-electron chi connectivity index (χ2n) is 3.72. The average molecular weight is 275 g/mol. The number of hydrogen-bond donors (Lipinski definition) is 0. The molecule has 0 heterocycles.